The van der Waals surface area contributed by atoms with Crippen molar-refractivity contribution in [2.75, 3.05) is 4.90 Å². The topological polar surface area (TPSA) is 66.5 Å². The molecule has 5 nitrogen and oxygen atoms in total. The second-order valence-electron chi connectivity index (χ2n) is 8.82. The lowest BCUT2D eigenvalue weighted by atomic mass is 9.78. The molecule has 1 amide bonds. The minimum Gasteiger partial charge on any atom is -0.309 e. The molecule has 1 aromatic carbocycles. The Bertz CT molecular complexity index is 847. The maximum absolute atomic E-state index is 13.0. The number of benzene rings is 1. The third-order valence-corrected chi connectivity index (χ3v) is 8.24. The summed E-state index contributed by atoms with van der Waals surface area (Å²) in [6, 6.07) is 5.34. The number of carbonyl (C=O) groups excluding carboxylic acids is 1. The first-order valence-corrected chi connectivity index (χ1v) is 11.7. The number of nitrogens with zero attached hydrogens (tertiary/aromatic N) is 1. The van der Waals surface area contributed by atoms with E-state index in [0.717, 1.165) is 36.9 Å². The lowest BCUT2D eigenvalue weighted by Gasteiger charge is -2.34. The minimum absolute atomic E-state index is 0.00105. The number of hydrogen-bond acceptors (Lipinski definition) is 3. The molecular formula is C21H30N2O3S. The van der Waals surface area contributed by atoms with Gasteiger partial charge in [0.05, 0.1) is 4.90 Å². The Hall–Kier alpha value is -1.40. The van der Waals surface area contributed by atoms with Gasteiger partial charge >= 0.3 is 0 Å². The van der Waals surface area contributed by atoms with Crippen molar-refractivity contribution in [1.82, 2.24) is 4.72 Å². The lowest BCUT2D eigenvalue weighted by molar-refractivity contribution is -0.120. The molecule has 3 aliphatic rings. The lowest BCUT2D eigenvalue weighted by Crippen LogP contribution is -2.43. The summed E-state index contributed by atoms with van der Waals surface area (Å²) in [5, 5.41) is 0. The zero-order chi connectivity index (χ0) is 19.3. The van der Waals surface area contributed by atoms with Crippen LogP contribution in [-0.4, -0.2) is 26.4 Å². The van der Waals surface area contributed by atoms with E-state index in [1.807, 2.05) is 17.9 Å². The second kappa shape index (κ2) is 6.89. The summed E-state index contributed by atoms with van der Waals surface area (Å²) in [5.41, 5.74) is 1.85. The van der Waals surface area contributed by atoms with E-state index in [2.05, 4.69) is 18.6 Å². The van der Waals surface area contributed by atoms with Gasteiger partial charge in [0.15, 0.2) is 0 Å². The molecule has 148 valence electrons. The Balaban J connectivity index is 1.56. The zero-order valence-corrected chi connectivity index (χ0v) is 17.3. The number of rotatable bonds is 4. The van der Waals surface area contributed by atoms with E-state index in [1.54, 1.807) is 12.1 Å². The Morgan fingerprint density at radius 3 is 2.56 bits per heavy atom. The van der Waals surface area contributed by atoms with Gasteiger partial charge in [-0.3, -0.25) is 4.79 Å². The van der Waals surface area contributed by atoms with Crippen LogP contribution in [0.2, 0.25) is 0 Å². The zero-order valence-electron chi connectivity index (χ0n) is 16.4. The van der Waals surface area contributed by atoms with Gasteiger partial charge < -0.3 is 4.90 Å². The smallest absolute Gasteiger partial charge is 0.240 e. The number of sulfonamides is 1. The van der Waals surface area contributed by atoms with Crippen molar-refractivity contribution < 1.29 is 13.2 Å². The van der Waals surface area contributed by atoms with Crippen LogP contribution in [0.25, 0.3) is 0 Å². The van der Waals surface area contributed by atoms with Crippen molar-refractivity contribution in [2.45, 2.75) is 76.3 Å². The van der Waals surface area contributed by atoms with Crippen LogP contribution in [-0.2, 0) is 21.2 Å². The minimum atomic E-state index is -3.55. The summed E-state index contributed by atoms with van der Waals surface area (Å²) in [6.07, 6.45) is 5.81. The molecule has 4 atom stereocenters. The molecule has 6 heteroatoms. The third kappa shape index (κ3) is 3.54. The van der Waals surface area contributed by atoms with E-state index in [9.17, 15) is 13.2 Å². The largest absolute Gasteiger partial charge is 0.309 e. The number of carbonyl (C=O) groups is 1. The molecule has 1 heterocycles. The molecule has 2 aliphatic carbocycles. The summed E-state index contributed by atoms with van der Waals surface area (Å²) >= 11 is 0. The SMILES string of the molecule is C[C@@H]1[C@H](C)CCC[C@@H]1NS(=O)(=O)c1ccc2c(c1)C[C@@H](C)N2C(=O)C1CC1. The predicted molar refractivity (Wildman–Crippen MR) is 106 cm³/mol. The number of fused-ring (bicyclic) bond motifs is 1. The normalized spacial score (nSPS) is 31.0. The van der Waals surface area contributed by atoms with Crippen molar-refractivity contribution >= 4 is 21.6 Å². The molecule has 4 rings (SSSR count). The van der Waals surface area contributed by atoms with Gasteiger partial charge in [0, 0.05) is 23.7 Å². The van der Waals surface area contributed by atoms with Crippen molar-refractivity contribution in [2.24, 2.45) is 17.8 Å². The monoisotopic (exact) mass is 390 g/mol. The van der Waals surface area contributed by atoms with Crippen LogP contribution in [0.3, 0.4) is 0 Å². The van der Waals surface area contributed by atoms with E-state index in [0.29, 0.717) is 23.2 Å². The molecule has 1 aromatic rings. The Morgan fingerprint density at radius 1 is 1.11 bits per heavy atom. The molecule has 0 unspecified atom stereocenters. The molecule has 0 radical (unpaired) electrons. The van der Waals surface area contributed by atoms with Crippen LogP contribution < -0.4 is 9.62 Å². The highest BCUT2D eigenvalue weighted by Gasteiger charge is 2.40. The molecule has 0 aromatic heterocycles. The number of amides is 1. The van der Waals surface area contributed by atoms with Crippen molar-refractivity contribution in [1.29, 1.82) is 0 Å². The van der Waals surface area contributed by atoms with Gasteiger partial charge in [-0.15, -0.1) is 0 Å². The number of anilines is 1. The highest BCUT2D eigenvalue weighted by molar-refractivity contribution is 7.89. The summed E-state index contributed by atoms with van der Waals surface area (Å²) in [4.78, 5) is 14.8. The number of nitrogens with one attached hydrogen (secondary N) is 1. The van der Waals surface area contributed by atoms with E-state index >= 15 is 0 Å². The summed E-state index contributed by atoms with van der Waals surface area (Å²) in [5.74, 6) is 1.24. The highest BCUT2D eigenvalue weighted by Crippen LogP contribution is 2.39. The van der Waals surface area contributed by atoms with Crippen LogP contribution in [0, 0.1) is 17.8 Å². The van der Waals surface area contributed by atoms with Gasteiger partial charge in [0.1, 0.15) is 0 Å². The number of hydrogen-bond donors (Lipinski definition) is 1. The van der Waals surface area contributed by atoms with Gasteiger partial charge in [-0.2, -0.15) is 0 Å². The van der Waals surface area contributed by atoms with E-state index in [-0.39, 0.29) is 23.9 Å². The first kappa shape index (κ1) is 18.9. The average Bonchev–Trinajstić information content (AvgIpc) is 3.40. The standard InChI is InChI=1S/C21H30N2O3S/c1-13-5-4-6-19(15(13)3)22-27(25,26)18-9-10-20-17(12-18)11-14(2)23(20)21(24)16-7-8-16/h9-10,12-16,19,22H,4-8,11H2,1-3H3/t13-,14-,15-,19+/m1/s1. The molecule has 0 bridgehead atoms. The van der Waals surface area contributed by atoms with Crippen LogP contribution in [0.15, 0.2) is 23.1 Å². The molecular weight excluding hydrogens is 360 g/mol. The van der Waals surface area contributed by atoms with Crippen LogP contribution in [0.4, 0.5) is 5.69 Å². The molecule has 0 spiro atoms. The fourth-order valence-corrected chi connectivity index (χ4v) is 6.06. The predicted octanol–water partition coefficient (Wildman–Crippen LogP) is 3.48. The first-order chi connectivity index (χ1) is 12.8. The fourth-order valence-electron chi connectivity index (χ4n) is 4.65. The Morgan fingerprint density at radius 2 is 1.85 bits per heavy atom. The Labute approximate surface area is 162 Å². The quantitative estimate of drug-likeness (QED) is 0.856. The van der Waals surface area contributed by atoms with Crippen LogP contribution in [0.5, 0.6) is 0 Å². The maximum atomic E-state index is 13.0. The van der Waals surface area contributed by atoms with Gasteiger partial charge in [-0.25, -0.2) is 13.1 Å². The van der Waals surface area contributed by atoms with Gasteiger partial charge in [-0.1, -0.05) is 26.7 Å². The second-order valence-corrected chi connectivity index (χ2v) is 10.5. The summed E-state index contributed by atoms with van der Waals surface area (Å²) in [6.45, 7) is 6.38. The van der Waals surface area contributed by atoms with Crippen molar-refractivity contribution in [3.8, 4) is 0 Å². The summed E-state index contributed by atoms with van der Waals surface area (Å²) < 4.78 is 28.9. The van der Waals surface area contributed by atoms with E-state index in [1.165, 1.54) is 6.42 Å². The van der Waals surface area contributed by atoms with Crippen LogP contribution >= 0.6 is 0 Å². The van der Waals surface area contributed by atoms with Gasteiger partial charge in [0.25, 0.3) is 0 Å². The van der Waals surface area contributed by atoms with Crippen molar-refractivity contribution in [3.63, 3.8) is 0 Å². The maximum Gasteiger partial charge on any atom is 0.240 e. The molecule has 1 N–H and O–H groups in total. The molecule has 2 saturated carbocycles. The summed E-state index contributed by atoms with van der Waals surface area (Å²) in [7, 11) is -3.55. The molecule has 2 fully saturated rings. The molecule has 0 saturated heterocycles. The fraction of sp³-hybridized carbons (Fsp3) is 0.667. The van der Waals surface area contributed by atoms with Gasteiger partial charge in [-0.05, 0) is 68.2 Å². The first-order valence-electron chi connectivity index (χ1n) is 10.3. The van der Waals surface area contributed by atoms with Crippen molar-refractivity contribution in [3.05, 3.63) is 23.8 Å². The molecule has 27 heavy (non-hydrogen) atoms. The van der Waals surface area contributed by atoms with E-state index < -0.39 is 10.0 Å². The Kier molecular flexibility index (Phi) is 4.83. The highest BCUT2D eigenvalue weighted by atomic mass is 32.2. The average molecular weight is 391 g/mol. The van der Waals surface area contributed by atoms with Crippen LogP contribution in [0.1, 0.15) is 58.4 Å². The van der Waals surface area contributed by atoms with Gasteiger partial charge in [0.2, 0.25) is 15.9 Å². The van der Waals surface area contributed by atoms with E-state index in [4.69, 9.17) is 0 Å². The molecule has 1 aliphatic heterocycles. The third-order valence-electron chi connectivity index (χ3n) is 6.75.